The van der Waals surface area contributed by atoms with Crippen LogP contribution in [0.15, 0.2) is 54.6 Å². The number of benzene rings is 2. The zero-order chi connectivity index (χ0) is 18.4. The highest BCUT2D eigenvalue weighted by molar-refractivity contribution is 5.91. The van der Waals surface area contributed by atoms with Crippen LogP contribution < -0.4 is 9.47 Å². The second-order valence-electron chi connectivity index (χ2n) is 4.70. The number of carbonyl (C=O) groups excluding carboxylic acids is 1. The molecule has 0 saturated carbocycles. The number of hydrogen-bond donors (Lipinski definition) is 1. The molecule has 2 rings (SSSR count). The zero-order valence-corrected chi connectivity index (χ0v) is 12.5. The average Bonchev–Trinajstić information content (AvgIpc) is 2.53. The first kappa shape index (κ1) is 18.1. The van der Waals surface area contributed by atoms with Crippen LogP contribution in [0.2, 0.25) is 0 Å². The van der Waals surface area contributed by atoms with Gasteiger partial charge in [-0.3, -0.25) is 0 Å². The van der Waals surface area contributed by atoms with Crippen LogP contribution in [-0.4, -0.2) is 23.4 Å². The summed E-state index contributed by atoms with van der Waals surface area (Å²) in [4.78, 5) is 22.3. The van der Waals surface area contributed by atoms with Gasteiger partial charge in [-0.1, -0.05) is 12.1 Å². The van der Waals surface area contributed by atoms with Crippen LogP contribution in [-0.2, 0) is 4.79 Å². The maximum Gasteiger partial charge on any atom is 0.573 e. The van der Waals surface area contributed by atoms with E-state index < -0.39 is 24.1 Å². The largest absolute Gasteiger partial charge is 0.573 e. The van der Waals surface area contributed by atoms with E-state index in [0.717, 1.165) is 30.3 Å². The van der Waals surface area contributed by atoms with Crippen LogP contribution in [0.5, 0.6) is 11.5 Å². The number of alkyl halides is 3. The Kier molecular flexibility index (Phi) is 5.43. The first-order valence-electron chi connectivity index (χ1n) is 6.82. The van der Waals surface area contributed by atoms with Gasteiger partial charge in [0.2, 0.25) is 0 Å². The number of carboxylic acid groups (broad SMARTS) is 1. The smallest absolute Gasteiger partial charge is 0.478 e. The Morgan fingerprint density at radius 3 is 2.00 bits per heavy atom. The predicted octanol–water partition coefficient (Wildman–Crippen LogP) is 3.90. The van der Waals surface area contributed by atoms with Crippen molar-refractivity contribution >= 4 is 18.0 Å². The van der Waals surface area contributed by atoms with E-state index in [4.69, 9.17) is 9.84 Å². The molecular formula is C17H11F3O5. The third-order valence-electron chi connectivity index (χ3n) is 2.83. The molecule has 0 aliphatic carbocycles. The molecule has 0 aliphatic rings. The van der Waals surface area contributed by atoms with Gasteiger partial charge in [0.15, 0.2) is 0 Å². The van der Waals surface area contributed by atoms with Crippen molar-refractivity contribution in [2.45, 2.75) is 6.36 Å². The third kappa shape index (κ3) is 6.02. The van der Waals surface area contributed by atoms with Crippen molar-refractivity contribution in [3.05, 3.63) is 65.7 Å². The van der Waals surface area contributed by atoms with Gasteiger partial charge in [-0.05, 0) is 48.0 Å². The molecule has 0 aromatic heterocycles. The molecule has 2 aromatic carbocycles. The van der Waals surface area contributed by atoms with E-state index in [1.165, 1.54) is 18.2 Å². The van der Waals surface area contributed by atoms with Crippen LogP contribution in [0, 0.1) is 0 Å². The number of aliphatic carboxylic acids is 1. The maximum absolute atomic E-state index is 12.1. The summed E-state index contributed by atoms with van der Waals surface area (Å²) in [6.45, 7) is 0. The number of carbonyl (C=O) groups is 2. The third-order valence-corrected chi connectivity index (χ3v) is 2.83. The average molecular weight is 352 g/mol. The lowest BCUT2D eigenvalue weighted by molar-refractivity contribution is -0.274. The monoisotopic (exact) mass is 352 g/mol. The van der Waals surface area contributed by atoms with Crippen molar-refractivity contribution in [1.82, 2.24) is 0 Å². The van der Waals surface area contributed by atoms with E-state index in [9.17, 15) is 22.8 Å². The van der Waals surface area contributed by atoms with Gasteiger partial charge in [-0.15, -0.1) is 13.2 Å². The zero-order valence-electron chi connectivity index (χ0n) is 12.5. The molecule has 25 heavy (non-hydrogen) atoms. The van der Waals surface area contributed by atoms with Crippen molar-refractivity contribution in [1.29, 1.82) is 0 Å². The first-order chi connectivity index (χ1) is 11.7. The van der Waals surface area contributed by atoms with Gasteiger partial charge in [0.05, 0.1) is 5.56 Å². The SMILES string of the molecule is O=C(O)/C=C/c1ccc(OC(=O)c2ccc(OC(F)(F)F)cc2)cc1. The normalized spacial score (nSPS) is 11.3. The van der Waals surface area contributed by atoms with Crippen molar-refractivity contribution in [2.75, 3.05) is 0 Å². The minimum Gasteiger partial charge on any atom is -0.478 e. The molecule has 0 bridgehead atoms. The fourth-order valence-electron chi connectivity index (χ4n) is 1.77. The summed E-state index contributed by atoms with van der Waals surface area (Å²) in [5.74, 6) is -2.09. The summed E-state index contributed by atoms with van der Waals surface area (Å²) >= 11 is 0. The van der Waals surface area contributed by atoms with Gasteiger partial charge in [0.1, 0.15) is 11.5 Å². The fourth-order valence-corrected chi connectivity index (χ4v) is 1.77. The van der Waals surface area contributed by atoms with Gasteiger partial charge in [0, 0.05) is 6.08 Å². The highest BCUT2D eigenvalue weighted by atomic mass is 19.4. The number of carboxylic acids is 1. The molecule has 5 nitrogen and oxygen atoms in total. The highest BCUT2D eigenvalue weighted by Crippen LogP contribution is 2.23. The lowest BCUT2D eigenvalue weighted by Gasteiger charge is -2.09. The summed E-state index contributed by atoms with van der Waals surface area (Å²) in [5, 5.41) is 8.53. The van der Waals surface area contributed by atoms with Crippen LogP contribution in [0.3, 0.4) is 0 Å². The fraction of sp³-hybridized carbons (Fsp3) is 0.0588. The van der Waals surface area contributed by atoms with E-state index in [-0.39, 0.29) is 11.3 Å². The number of ether oxygens (including phenoxy) is 2. The van der Waals surface area contributed by atoms with E-state index in [2.05, 4.69) is 4.74 Å². The summed E-state index contributed by atoms with van der Waals surface area (Å²) in [7, 11) is 0. The Labute approximate surface area is 139 Å². The molecule has 2 aromatic rings. The number of halogens is 3. The van der Waals surface area contributed by atoms with E-state index in [0.29, 0.717) is 5.56 Å². The minimum absolute atomic E-state index is 0.0457. The molecule has 0 amide bonds. The second kappa shape index (κ2) is 7.52. The molecule has 1 N–H and O–H groups in total. The molecule has 0 radical (unpaired) electrons. The molecular weight excluding hydrogens is 341 g/mol. The van der Waals surface area contributed by atoms with Crippen molar-refractivity contribution in [3.8, 4) is 11.5 Å². The topological polar surface area (TPSA) is 72.8 Å². The van der Waals surface area contributed by atoms with E-state index in [1.54, 1.807) is 12.1 Å². The molecule has 0 unspecified atom stereocenters. The first-order valence-corrected chi connectivity index (χ1v) is 6.82. The molecule has 0 heterocycles. The lowest BCUT2D eigenvalue weighted by Crippen LogP contribution is -2.17. The summed E-state index contributed by atoms with van der Waals surface area (Å²) in [6, 6.07) is 10.3. The quantitative estimate of drug-likeness (QED) is 0.502. The van der Waals surface area contributed by atoms with Gasteiger partial charge >= 0.3 is 18.3 Å². The van der Waals surface area contributed by atoms with Gasteiger partial charge in [-0.25, -0.2) is 9.59 Å². The second-order valence-corrected chi connectivity index (χ2v) is 4.70. The standard InChI is InChI=1S/C17H11F3O5/c18-17(19,20)25-14-8-4-12(5-9-14)16(23)24-13-6-1-11(2-7-13)3-10-15(21)22/h1-10H,(H,21,22)/b10-3+. The van der Waals surface area contributed by atoms with Crippen LogP contribution in [0.25, 0.3) is 6.08 Å². The summed E-state index contributed by atoms with van der Waals surface area (Å²) < 4.78 is 45.0. The molecule has 0 spiro atoms. The molecule has 130 valence electrons. The Morgan fingerprint density at radius 1 is 0.920 bits per heavy atom. The summed E-state index contributed by atoms with van der Waals surface area (Å²) in [5.41, 5.74) is 0.639. The minimum atomic E-state index is -4.81. The van der Waals surface area contributed by atoms with Crippen LogP contribution >= 0.6 is 0 Å². The molecule has 0 saturated heterocycles. The maximum atomic E-state index is 12.1. The Hall–Kier alpha value is -3.29. The predicted molar refractivity (Wildman–Crippen MR) is 81.2 cm³/mol. The lowest BCUT2D eigenvalue weighted by atomic mass is 10.2. The van der Waals surface area contributed by atoms with Gasteiger partial charge in [0.25, 0.3) is 0 Å². The van der Waals surface area contributed by atoms with Gasteiger partial charge < -0.3 is 14.6 Å². The van der Waals surface area contributed by atoms with E-state index in [1.807, 2.05) is 0 Å². The molecule has 0 aliphatic heterocycles. The Bertz CT molecular complexity index is 777. The summed E-state index contributed by atoms with van der Waals surface area (Å²) in [6.07, 6.45) is -2.47. The van der Waals surface area contributed by atoms with E-state index >= 15 is 0 Å². The Balaban J connectivity index is 2.00. The number of hydrogen-bond acceptors (Lipinski definition) is 4. The number of esters is 1. The molecule has 0 atom stereocenters. The number of rotatable bonds is 5. The van der Waals surface area contributed by atoms with Crippen molar-refractivity contribution in [2.24, 2.45) is 0 Å². The molecule has 8 heteroatoms. The van der Waals surface area contributed by atoms with Gasteiger partial charge in [-0.2, -0.15) is 0 Å². The molecule has 0 fully saturated rings. The van der Waals surface area contributed by atoms with Crippen LogP contribution in [0.4, 0.5) is 13.2 Å². The van der Waals surface area contributed by atoms with Crippen molar-refractivity contribution in [3.63, 3.8) is 0 Å². The Morgan fingerprint density at radius 2 is 1.48 bits per heavy atom. The highest BCUT2D eigenvalue weighted by Gasteiger charge is 2.31. The van der Waals surface area contributed by atoms with Crippen molar-refractivity contribution < 1.29 is 37.3 Å². The van der Waals surface area contributed by atoms with Crippen LogP contribution in [0.1, 0.15) is 15.9 Å².